The van der Waals surface area contributed by atoms with E-state index in [0.717, 1.165) is 0 Å². The molecule has 0 unspecified atom stereocenters. The zero-order chi connectivity index (χ0) is 19.7. The van der Waals surface area contributed by atoms with Crippen LogP contribution in [0.2, 0.25) is 15.1 Å². The van der Waals surface area contributed by atoms with E-state index in [1.165, 1.54) is 24.3 Å². The molecule has 0 aliphatic carbocycles. The second-order valence-electron chi connectivity index (χ2n) is 5.35. The van der Waals surface area contributed by atoms with E-state index >= 15 is 0 Å². The van der Waals surface area contributed by atoms with Crippen LogP contribution in [0, 0.1) is 0 Å². The van der Waals surface area contributed by atoms with Crippen LogP contribution in [-0.4, -0.2) is 16.1 Å². The first-order valence-corrected chi connectivity index (χ1v) is 8.52. The number of fused-ring (bicyclic) bond motifs is 1. The number of aromatic nitrogens is 1. The standard InChI is InChI=1S/C17H10Cl3N3O4/c18-8-5-6-9(19)12(11(8)20)22-17(27)23-13-14(24)7-3-1-2-4-10(7)21-16(26)15(13)25/h1-6H,(H4,21,22,23,24,25,26,27). The van der Waals surface area contributed by atoms with Gasteiger partial charge in [0, 0.05) is 5.39 Å². The molecule has 0 fully saturated rings. The minimum absolute atomic E-state index is 0.00667. The zero-order valence-corrected chi connectivity index (χ0v) is 15.5. The van der Waals surface area contributed by atoms with E-state index in [1.807, 2.05) is 0 Å². The Kier molecular flexibility index (Phi) is 5.27. The maximum atomic E-state index is 12.3. The van der Waals surface area contributed by atoms with E-state index in [2.05, 4.69) is 15.6 Å². The van der Waals surface area contributed by atoms with Gasteiger partial charge in [-0.15, -0.1) is 0 Å². The summed E-state index contributed by atoms with van der Waals surface area (Å²) in [6.07, 6.45) is 0. The molecule has 3 aromatic rings. The molecular formula is C17H10Cl3N3O4. The number of hydrogen-bond donors (Lipinski definition) is 4. The summed E-state index contributed by atoms with van der Waals surface area (Å²) in [5.74, 6) is -0.563. The van der Waals surface area contributed by atoms with Crippen LogP contribution in [0.5, 0.6) is 5.75 Å². The van der Waals surface area contributed by atoms with Gasteiger partial charge < -0.3 is 20.7 Å². The molecule has 0 radical (unpaired) electrons. The maximum Gasteiger partial charge on any atom is 0.323 e. The Morgan fingerprint density at radius 1 is 0.926 bits per heavy atom. The molecule has 0 bridgehead atoms. The number of hydrogen-bond acceptors (Lipinski definition) is 4. The van der Waals surface area contributed by atoms with Gasteiger partial charge in [-0.2, -0.15) is 0 Å². The van der Waals surface area contributed by atoms with E-state index < -0.39 is 28.5 Å². The topological polar surface area (TPSA) is 111 Å². The second-order valence-corrected chi connectivity index (χ2v) is 6.54. The summed E-state index contributed by atoms with van der Waals surface area (Å²) < 4.78 is 0. The van der Waals surface area contributed by atoms with Gasteiger partial charge >= 0.3 is 6.03 Å². The van der Waals surface area contributed by atoms with E-state index in [4.69, 9.17) is 34.8 Å². The number of para-hydroxylation sites is 1. The number of nitrogens with one attached hydrogen (secondary N) is 3. The van der Waals surface area contributed by atoms with Crippen molar-refractivity contribution in [3.05, 3.63) is 72.0 Å². The fourth-order valence-electron chi connectivity index (χ4n) is 2.35. The number of anilines is 2. The summed E-state index contributed by atoms with van der Waals surface area (Å²) in [5.41, 5.74) is -2.49. The highest BCUT2D eigenvalue weighted by Gasteiger charge is 2.17. The summed E-state index contributed by atoms with van der Waals surface area (Å²) in [7, 11) is 0. The summed E-state index contributed by atoms with van der Waals surface area (Å²) in [6, 6.07) is 8.11. The molecule has 0 spiro atoms. The lowest BCUT2D eigenvalue weighted by atomic mass is 10.2. The molecule has 1 heterocycles. The number of amides is 2. The third-order valence-corrected chi connectivity index (χ3v) is 4.74. The Bertz CT molecular complexity index is 1190. The normalized spacial score (nSPS) is 10.6. The molecule has 2 aromatic carbocycles. The number of aromatic hydroxyl groups is 1. The minimum atomic E-state index is -1.12. The predicted molar refractivity (Wildman–Crippen MR) is 107 cm³/mol. The summed E-state index contributed by atoms with van der Waals surface area (Å²) in [4.78, 5) is 38.9. The SMILES string of the molecule is O=C(Nc1c(Cl)ccc(Cl)c1Cl)Nc1c(O)c2ccccc2[nH]c(=O)c1=O. The van der Waals surface area contributed by atoms with Gasteiger partial charge in [-0.1, -0.05) is 46.9 Å². The number of carbonyl (C=O) groups excluding carboxylic acids is 1. The van der Waals surface area contributed by atoms with E-state index in [9.17, 15) is 19.5 Å². The summed E-state index contributed by atoms with van der Waals surface area (Å²) >= 11 is 17.9. The summed E-state index contributed by atoms with van der Waals surface area (Å²) in [6.45, 7) is 0. The predicted octanol–water partition coefficient (Wildman–Crippen LogP) is 4.20. The Labute approximate surface area is 166 Å². The van der Waals surface area contributed by atoms with E-state index in [0.29, 0.717) is 0 Å². The van der Waals surface area contributed by atoms with Crippen molar-refractivity contribution in [2.75, 3.05) is 10.6 Å². The van der Waals surface area contributed by atoms with Gasteiger partial charge in [-0.25, -0.2) is 4.79 Å². The zero-order valence-electron chi connectivity index (χ0n) is 13.3. The molecule has 0 aliphatic rings. The van der Waals surface area contributed by atoms with Crippen molar-refractivity contribution in [1.82, 2.24) is 4.98 Å². The van der Waals surface area contributed by atoms with Crippen molar-refractivity contribution in [3.63, 3.8) is 0 Å². The summed E-state index contributed by atoms with van der Waals surface area (Å²) in [5, 5.41) is 15.3. The van der Waals surface area contributed by atoms with Crippen molar-refractivity contribution >= 4 is 63.1 Å². The molecule has 7 nitrogen and oxygen atoms in total. The monoisotopic (exact) mass is 425 g/mol. The minimum Gasteiger partial charge on any atom is -0.505 e. The lowest BCUT2D eigenvalue weighted by Gasteiger charge is -2.11. The van der Waals surface area contributed by atoms with Crippen LogP contribution in [0.4, 0.5) is 16.2 Å². The van der Waals surface area contributed by atoms with Crippen LogP contribution in [-0.2, 0) is 0 Å². The molecule has 0 saturated heterocycles. The molecule has 10 heteroatoms. The Balaban J connectivity index is 2.05. The molecule has 27 heavy (non-hydrogen) atoms. The highest BCUT2D eigenvalue weighted by molar-refractivity contribution is 6.46. The first kappa shape index (κ1) is 19.0. The quantitative estimate of drug-likeness (QED) is 0.363. The molecule has 138 valence electrons. The van der Waals surface area contributed by atoms with Gasteiger partial charge in [-0.05, 0) is 24.3 Å². The Morgan fingerprint density at radius 3 is 2.30 bits per heavy atom. The average Bonchev–Trinajstić information content (AvgIpc) is 2.73. The highest BCUT2D eigenvalue weighted by atomic mass is 35.5. The number of urea groups is 1. The van der Waals surface area contributed by atoms with Crippen molar-refractivity contribution in [2.24, 2.45) is 0 Å². The largest absolute Gasteiger partial charge is 0.505 e. The van der Waals surface area contributed by atoms with Crippen LogP contribution in [0.25, 0.3) is 10.9 Å². The molecule has 4 N–H and O–H groups in total. The van der Waals surface area contributed by atoms with Gasteiger partial charge in [0.05, 0.1) is 26.3 Å². The van der Waals surface area contributed by atoms with Gasteiger partial charge in [0.15, 0.2) is 5.75 Å². The van der Waals surface area contributed by atoms with Crippen LogP contribution < -0.4 is 21.6 Å². The number of rotatable bonds is 2. The van der Waals surface area contributed by atoms with Crippen molar-refractivity contribution in [2.45, 2.75) is 0 Å². The van der Waals surface area contributed by atoms with E-state index in [1.54, 1.807) is 12.1 Å². The van der Waals surface area contributed by atoms with Crippen molar-refractivity contribution in [1.29, 1.82) is 0 Å². The Hall–Kier alpha value is -2.74. The van der Waals surface area contributed by atoms with Crippen LogP contribution in [0.3, 0.4) is 0 Å². The molecule has 0 saturated carbocycles. The molecular weight excluding hydrogens is 417 g/mol. The van der Waals surface area contributed by atoms with Crippen molar-refractivity contribution in [3.8, 4) is 5.75 Å². The number of H-pyrrole nitrogens is 1. The third-order valence-electron chi connectivity index (χ3n) is 3.62. The fraction of sp³-hybridized carbons (Fsp3) is 0. The first-order chi connectivity index (χ1) is 12.8. The van der Waals surface area contributed by atoms with Gasteiger partial charge in [-0.3, -0.25) is 9.59 Å². The third kappa shape index (κ3) is 3.71. The van der Waals surface area contributed by atoms with Crippen LogP contribution in [0.15, 0.2) is 46.0 Å². The number of halogens is 3. The van der Waals surface area contributed by atoms with Gasteiger partial charge in [0.1, 0.15) is 5.69 Å². The molecule has 1 aromatic heterocycles. The smallest absolute Gasteiger partial charge is 0.323 e. The molecule has 0 aliphatic heterocycles. The highest BCUT2D eigenvalue weighted by Crippen LogP contribution is 2.36. The first-order valence-electron chi connectivity index (χ1n) is 7.39. The van der Waals surface area contributed by atoms with Crippen LogP contribution >= 0.6 is 34.8 Å². The molecule has 3 rings (SSSR count). The van der Waals surface area contributed by atoms with Gasteiger partial charge in [0.2, 0.25) is 0 Å². The Morgan fingerprint density at radius 2 is 1.56 bits per heavy atom. The molecule has 2 amide bonds. The maximum absolute atomic E-state index is 12.3. The number of carbonyl (C=O) groups is 1. The lowest BCUT2D eigenvalue weighted by molar-refractivity contribution is 0.262. The second kappa shape index (κ2) is 7.48. The van der Waals surface area contributed by atoms with Gasteiger partial charge in [0.25, 0.3) is 11.0 Å². The number of aromatic amines is 1. The van der Waals surface area contributed by atoms with E-state index in [-0.39, 0.29) is 31.7 Å². The number of benzene rings is 2. The fourth-order valence-corrected chi connectivity index (χ4v) is 2.97. The van der Waals surface area contributed by atoms with Crippen molar-refractivity contribution < 1.29 is 9.90 Å². The lowest BCUT2D eigenvalue weighted by Crippen LogP contribution is -2.30. The average molecular weight is 427 g/mol. The molecule has 0 atom stereocenters. The van der Waals surface area contributed by atoms with Crippen LogP contribution in [0.1, 0.15) is 0 Å².